The number of carbonyl (C=O) groups is 6. The predicted molar refractivity (Wildman–Crippen MR) is 461 cm³/mol. The second kappa shape index (κ2) is 33.4. The number of thioether (sulfide) groups is 2. The van der Waals surface area contributed by atoms with E-state index < -0.39 is 71.1 Å². The number of thiocarbonyl (C=S) groups is 1. The number of ketones is 2. The molecule has 0 amide bonds. The molecule has 0 aromatic carbocycles. The average Bonchev–Trinajstić information content (AvgIpc) is 1.14. The van der Waals surface area contributed by atoms with Gasteiger partial charge in [0.05, 0.1) is 61.9 Å². The number of hydrogen-bond donors (Lipinski definition) is 3. The Morgan fingerprint density at radius 3 is 1.26 bits per heavy atom. The van der Waals surface area contributed by atoms with Gasteiger partial charge in [-0.1, -0.05) is 95.3 Å². The summed E-state index contributed by atoms with van der Waals surface area (Å²) in [6.45, 7) is 40.8. The molecule has 11 unspecified atom stereocenters. The summed E-state index contributed by atoms with van der Waals surface area (Å²) < 4.78 is 73.8. The molecule has 0 aromatic rings. The van der Waals surface area contributed by atoms with E-state index in [1.807, 2.05) is 13.0 Å². The number of ether oxygens (including phenoxy) is 8. The number of hydrogen-bond acceptors (Lipinski definition) is 23. The molecular formula is C93H142O21S3Si2. The highest BCUT2D eigenvalue weighted by molar-refractivity contribution is 8.05. The molecule has 0 aromatic heterocycles. The van der Waals surface area contributed by atoms with E-state index in [1.54, 1.807) is 45.7 Å². The van der Waals surface area contributed by atoms with Crippen LogP contribution in [0.15, 0.2) is 33.7 Å². The van der Waals surface area contributed by atoms with E-state index >= 15 is 0 Å². The average molecular weight is 1750 g/mol. The van der Waals surface area contributed by atoms with Crippen molar-refractivity contribution in [3.8, 4) is 0 Å². The van der Waals surface area contributed by atoms with Gasteiger partial charge in [-0.05, 0) is 280 Å². The van der Waals surface area contributed by atoms with Crippen molar-refractivity contribution in [3.63, 3.8) is 0 Å². The van der Waals surface area contributed by atoms with Crippen molar-refractivity contribution >= 4 is 93.2 Å². The lowest BCUT2D eigenvalue weighted by Crippen LogP contribution is -2.58. The maximum atomic E-state index is 13.5. The number of carboxylic acid groups (broad SMARTS) is 1. The normalized spacial score (nSPS) is 43.4. The highest BCUT2D eigenvalue weighted by Gasteiger charge is 2.71. The van der Waals surface area contributed by atoms with Crippen LogP contribution in [0, 0.1) is 98.6 Å². The Kier molecular flexibility index (Phi) is 25.4. The molecule has 0 spiro atoms. The van der Waals surface area contributed by atoms with Crippen molar-refractivity contribution in [2.24, 2.45) is 98.6 Å². The summed E-state index contributed by atoms with van der Waals surface area (Å²) in [6, 6.07) is 0. The first kappa shape index (κ1) is 90.5. The minimum absolute atomic E-state index is 0.0378. The minimum atomic E-state index is -2.70. The molecule has 21 nitrogen and oxygen atoms in total. The molecule has 20 fully saturated rings. The van der Waals surface area contributed by atoms with Crippen molar-refractivity contribution in [1.82, 2.24) is 0 Å². The Balaban J connectivity index is 0.000000120. The smallest absolute Gasteiger partial charge is 0.352 e. The van der Waals surface area contributed by atoms with Crippen molar-refractivity contribution in [1.29, 1.82) is 0 Å². The van der Waals surface area contributed by atoms with E-state index in [-0.39, 0.29) is 124 Å². The van der Waals surface area contributed by atoms with Gasteiger partial charge >= 0.3 is 41.0 Å². The second-order valence-electron chi connectivity index (χ2n) is 44.9. The highest BCUT2D eigenvalue weighted by Crippen LogP contribution is 2.70. The van der Waals surface area contributed by atoms with Gasteiger partial charge in [0.25, 0.3) is 0 Å². The number of rotatable bonds is 13. The van der Waals surface area contributed by atoms with E-state index in [0.717, 1.165) is 130 Å². The summed E-state index contributed by atoms with van der Waals surface area (Å²) in [5.74, 6) is 7.32. The van der Waals surface area contributed by atoms with Gasteiger partial charge in [-0.2, -0.15) is 0 Å². The first-order chi connectivity index (χ1) is 55.8. The molecule has 7 aliphatic heterocycles. The molecule has 16 saturated carbocycles. The maximum Gasteiger partial charge on any atom is 0.352 e. The van der Waals surface area contributed by atoms with Crippen LogP contribution in [0.5, 0.6) is 0 Å². The Morgan fingerprint density at radius 1 is 0.479 bits per heavy atom. The largest absolute Gasteiger partial charge is 0.496 e. The zero-order valence-corrected chi connectivity index (χ0v) is 79.1. The summed E-state index contributed by atoms with van der Waals surface area (Å²) in [5, 5.41) is 29.4. The third kappa shape index (κ3) is 16.7. The van der Waals surface area contributed by atoms with Gasteiger partial charge in [-0.15, -0.1) is 23.5 Å². The molecule has 666 valence electrons. The Morgan fingerprint density at radius 2 is 0.849 bits per heavy atom. The lowest BCUT2D eigenvalue weighted by Gasteiger charge is -2.58. The van der Waals surface area contributed by atoms with E-state index in [4.69, 9.17) is 67.8 Å². The van der Waals surface area contributed by atoms with E-state index in [9.17, 15) is 44.1 Å². The molecule has 4 saturated heterocycles. The number of esters is 3. The molecule has 26 heteroatoms. The SMILES string of the molecule is CC1OC2OC(C34CC5CC(CC(C5)C3)C4)=C(C(=O)O)SC2C(O)C1O.CCOC(=O)C(=S)C(=O)C12CC3CC(CC(C3)C1)C2.CCOC(=O)C(C)C(=O)C12CC3CC(CC(C3)C1)C2.CCOC(=O)C1=C(C23CC4CC(CC(C4)C2)C3)OC2OC(C)C3O[Si](C(C)(C)C)(C(C)(C)C)OC3C2S1.C[C@@H]1OC=C[C@@H]2O[Si](C(C)(C)C)(C(C)(C)C)O[C@H]12. The van der Waals surface area contributed by atoms with Crippen LogP contribution in [-0.4, -0.2) is 171 Å². The van der Waals surface area contributed by atoms with Crippen molar-refractivity contribution in [2.45, 2.75) is 384 Å². The quantitative estimate of drug-likeness (QED) is 0.0508. The summed E-state index contributed by atoms with van der Waals surface area (Å²) in [6.07, 6.45) is 27.5. The molecule has 3 N–H and O–H groups in total. The van der Waals surface area contributed by atoms with Crippen molar-refractivity contribution < 1.29 is 99.7 Å². The van der Waals surface area contributed by atoms with Crippen molar-refractivity contribution in [3.05, 3.63) is 33.7 Å². The van der Waals surface area contributed by atoms with Gasteiger partial charge in [-0.3, -0.25) is 14.4 Å². The van der Waals surface area contributed by atoms with E-state index in [2.05, 4.69) is 96.9 Å². The summed E-state index contributed by atoms with van der Waals surface area (Å²) in [5.41, 5.74) is -0.742. The van der Waals surface area contributed by atoms with Gasteiger partial charge in [0.15, 0.2) is 16.4 Å². The van der Waals surface area contributed by atoms with Crippen LogP contribution < -0.4 is 0 Å². The molecule has 0 radical (unpaired) electrons. The zero-order valence-electron chi connectivity index (χ0n) is 74.7. The maximum absolute atomic E-state index is 13.5. The monoisotopic (exact) mass is 1750 g/mol. The Labute approximate surface area is 724 Å². The number of carboxylic acids is 1. The van der Waals surface area contributed by atoms with Gasteiger partial charge in [0.2, 0.25) is 12.6 Å². The predicted octanol–water partition coefficient (Wildman–Crippen LogP) is 18.2. The minimum Gasteiger partial charge on any atom is -0.496 e. The van der Waals surface area contributed by atoms with Gasteiger partial charge in [-0.25, -0.2) is 14.4 Å². The number of fused-ring (bicyclic) bond motifs is 5. The third-order valence-electron chi connectivity index (χ3n) is 31.9. The Hall–Kier alpha value is -3.26. The topological polar surface area (TPSA) is 274 Å². The van der Waals surface area contributed by atoms with Crippen LogP contribution in [-0.2, 0) is 84.4 Å². The molecule has 23 rings (SSSR count). The number of aliphatic hydroxyl groups is 2. The highest BCUT2D eigenvalue weighted by atomic mass is 32.2. The van der Waals surface area contributed by atoms with Crippen LogP contribution in [0.4, 0.5) is 0 Å². The lowest BCUT2D eigenvalue weighted by molar-refractivity contribution is -0.239. The zero-order chi connectivity index (χ0) is 85.8. The van der Waals surface area contributed by atoms with Crippen LogP contribution in [0.1, 0.15) is 286 Å². The summed E-state index contributed by atoms with van der Waals surface area (Å²) >= 11 is 7.78. The summed E-state index contributed by atoms with van der Waals surface area (Å²) in [4.78, 5) is 75.3. The number of Topliss-reactive ketones (excluding diaryl/α,β-unsaturated/α-hetero) is 2. The number of aliphatic hydroxyl groups excluding tert-OH is 2. The first-order valence-electron chi connectivity index (χ1n) is 46.0. The molecule has 14 atom stereocenters. The van der Waals surface area contributed by atoms with Crippen LogP contribution in [0.2, 0.25) is 20.2 Å². The van der Waals surface area contributed by atoms with Crippen molar-refractivity contribution in [2.75, 3.05) is 19.8 Å². The molecule has 16 bridgehead atoms. The van der Waals surface area contributed by atoms with Crippen LogP contribution in [0.25, 0.3) is 0 Å². The fourth-order valence-electron chi connectivity index (χ4n) is 29.0. The number of allylic oxidation sites excluding steroid dienone is 2. The van der Waals surface area contributed by atoms with E-state index in [0.29, 0.717) is 59.4 Å². The first-order valence-corrected chi connectivity index (χ1v) is 51.8. The fraction of sp³-hybridized carbons (Fsp3) is 0.860. The van der Waals surface area contributed by atoms with Gasteiger partial charge < -0.3 is 70.9 Å². The number of aliphatic carboxylic acids is 1. The molecule has 16 aliphatic carbocycles. The van der Waals surface area contributed by atoms with Gasteiger partial charge in [0, 0.05) is 41.8 Å². The van der Waals surface area contributed by atoms with Gasteiger partial charge in [0.1, 0.15) is 56.9 Å². The number of carbonyl (C=O) groups excluding carboxylic acids is 5. The fourth-order valence-corrected chi connectivity index (χ4v) is 42.2. The third-order valence-corrected chi connectivity index (χ3v) is 45.3. The standard InChI is InChI=1S/C29H46O6SSi.C19H26O6S.C16H24O3.C15H20O3S.C14H26O3Si/c1-9-31-25(30)23-24(29-13-17-10-18(14-29)12-19(11-17)15-29)33-26-22(36-23)21-20(16(2)32-26)34-37(35-21,27(3,4)5)28(6,7)8;1-8-12(20)13(21)14-18(24-8)25-16(15(26-14)17(22)23)19-5-9-2-10(6-19)4-11(3-9)7-19;1-3-19-15(18)10(2)14(17)16-7-11-4-12(8-16)6-13(5-11)9-16;1-2-18-14(17)12(19)13(16)15-6-9-3-10(7-15)5-11(4-9)8-15;1-10-12-11(8-9-15-10)16-18(17-12,13(2,3)4)14(5,6)7/h16-22,26H,9-15H2,1-8H3;8-14,18,20-21H,2-7H2,1H3,(H,22,23);10-13H,3-9H2,1-2H3;9-11H,2-8H2,1H3;8-12H,1-7H3/t;;;;10-,11-,12+/m....0/s1. The molecule has 7 heterocycles. The Bertz CT molecular complexity index is 3780. The van der Waals surface area contributed by atoms with Crippen LogP contribution in [0.3, 0.4) is 0 Å². The molecule has 23 aliphatic rings. The lowest BCUT2D eigenvalue weighted by atomic mass is 9.48. The van der Waals surface area contributed by atoms with Crippen LogP contribution >= 0.6 is 35.7 Å². The second-order valence-corrected chi connectivity index (χ2v) is 57.1. The molecule has 119 heavy (non-hydrogen) atoms. The summed E-state index contributed by atoms with van der Waals surface area (Å²) in [7, 11) is -5.04. The van der Waals surface area contributed by atoms with E-state index in [1.165, 1.54) is 77.0 Å². The molecular weight excluding hydrogens is 1610 g/mol.